The molecule has 60 heavy (non-hydrogen) atoms. The van der Waals surface area contributed by atoms with Crippen LogP contribution >= 0.6 is 0 Å². The molecular weight excluding hydrogens is 771 g/mol. The van der Waals surface area contributed by atoms with Crippen LogP contribution in [0.2, 0.25) is 0 Å². The molecule has 304 valence electrons. The zero-order chi connectivity index (χ0) is 41.5. The van der Waals surface area contributed by atoms with E-state index in [1.54, 1.807) is 18.2 Å². The summed E-state index contributed by atoms with van der Waals surface area (Å²) in [5, 5.41) is 16.8. The normalized spacial score (nSPS) is 13.5. The van der Waals surface area contributed by atoms with Gasteiger partial charge in [0.15, 0.2) is 5.82 Å². The molecule has 2 heterocycles. The highest BCUT2D eigenvalue weighted by Gasteiger charge is 2.42. The van der Waals surface area contributed by atoms with Crippen LogP contribution in [-0.2, 0) is 25.1 Å². The molecule has 1 aromatic heterocycles. The van der Waals surface area contributed by atoms with Crippen molar-refractivity contribution in [1.82, 2.24) is 24.5 Å². The van der Waals surface area contributed by atoms with Gasteiger partial charge in [0.1, 0.15) is 5.54 Å². The van der Waals surface area contributed by atoms with Crippen LogP contribution in [0, 0.1) is 0 Å². The van der Waals surface area contributed by atoms with Crippen molar-refractivity contribution in [2.45, 2.75) is 36.6 Å². The van der Waals surface area contributed by atoms with E-state index in [9.17, 15) is 13.2 Å². The number of tetrazole rings is 1. The molecule has 0 atom stereocenters. The predicted molar refractivity (Wildman–Crippen MR) is 236 cm³/mol. The van der Waals surface area contributed by atoms with Crippen LogP contribution in [0.5, 0.6) is 0 Å². The Morgan fingerprint density at radius 2 is 1.32 bits per heavy atom. The maximum Gasteiger partial charge on any atom is 0.243 e. The van der Waals surface area contributed by atoms with Gasteiger partial charge in [-0.1, -0.05) is 141 Å². The SMILES string of the molecule is CCCCC(=O)Nc1ccc(S(=O)(=O)N2CCOCC2)cc1N(C)c1ccc(-c2ccccc2-c2nnnn2C(c2ccccc2)(c2ccccc2)c2ccccc2)cc1. The molecule has 0 saturated carbocycles. The van der Waals surface area contributed by atoms with E-state index in [1.165, 1.54) is 4.31 Å². The summed E-state index contributed by atoms with van der Waals surface area (Å²) >= 11 is 0. The first-order valence-electron chi connectivity index (χ1n) is 20.2. The van der Waals surface area contributed by atoms with Crippen molar-refractivity contribution in [3.05, 3.63) is 174 Å². The second kappa shape index (κ2) is 17.8. The number of amides is 1. The lowest BCUT2D eigenvalue weighted by Gasteiger charge is -2.36. The second-order valence-corrected chi connectivity index (χ2v) is 16.7. The minimum atomic E-state index is -3.80. The summed E-state index contributed by atoms with van der Waals surface area (Å²) in [4.78, 5) is 15.0. The Balaban J connectivity index is 1.19. The van der Waals surface area contributed by atoms with Crippen molar-refractivity contribution in [2.75, 3.05) is 43.6 Å². The number of unbranched alkanes of at least 4 members (excludes halogenated alkanes) is 1. The van der Waals surface area contributed by atoms with Crippen molar-refractivity contribution >= 4 is 33.0 Å². The van der Waals surface area contributed by atoms with Crippen molar-refractivity contribution < 1.29 is 17.9 Å². The van der Waals surface area contributed by atoms with E-state index in [0.29, 0.717) is 36.8 Å². The molecule has 6 aromatic carbocycles. The largest absolute Gasteiger partial charge is 0.379 e. The fraction of sp³-hybridized carbons (Fsp3) is 0.208. The summed E-state index contributed by atoms with van der Waals surface area (Å²) in [5.41, 5.74) is 6.66. The first-order valence-corrected chi connectivity index (χ1v) is 21.7. The number of aromatic nitrogens is 4. The predicted octanol–water partition coefficient (Wildman–Crippen LogP) is 8.76. The van der Waals surface area contributed by atoms with Gasteiger partial charge in [0.2, 0.25) is 15.9 Å². The average Bonchev–Trinajstić information content (AvgIpc) is 3.80. The molecule has 7 aromatic rings. The second-order valence-electron chi connectivity index (χ2n) is 14.7. The molecule has 1 fully saturated rings. The van der Waals surface area contributed by atoms with Gasteiger partial charge in [0, 0.05) is 37.8 Å². The Morgan fingerprint density at radius 1 is 0.750 bits per heavy atom. The highest BCUT2D eigenvalue weighted by molar-refractivity contribution is 7.89. The topological polar surface area (TPSA) is 123 Å². The number of morpholine rings is 1. The standard InChI is InChI=1S/C48H47N7O4S/c1-3-4-24-46(56)49-44-30-29-41(60(57,58)54-31-33-59-34-32-54)35-45(44)53(2)40-27-25-36(26-28-40)42-22-14-15-23-43(42)47-50-51-52-55(47)48(37-16-8-5-9-17-37,38-18-10-6-11-19-38)39-20-12-7-13-21-39/h5-23,25-30,35H,3-4,24,31-34H2,1-2H3,(H,49,56). The number of rotatable bonds is 14. The third kappa shape index (κ3) is 7.84. The van der Waals surface area contributed by atoms with Crippen LogP contribution in [-0.4, -0.2) is 72.2 Å². The number of ether oxygens (including phenoxy) is 1. The van der Waals surface area contributed by atoms with Gasteiger partial charge >= 0.3 is 0 Å². The van der Waals surface area contributed by atoms with Gasteiger partial charge in [-0.3, -0.25) is 4.79 Å². The molecule has 0 radical (unpaired) electrons. The smallest absolute Gasteiger partial charge is 0.243 e. The molecule has 0 bridgehead atoms. The third-order valence-electron chi connectivity index (χ3n) is 11.1. The van der Waals surface area contributed by atoms with Crippen LogP contribution in [0.1, 0.15) is 42.9 Å². The molecule has 11 nitrogen and oxygen atoms in total. The zero-order valence-corrected chi connectivity index (χ0v) is 34.5. The van der Waals surface area contributed by atoms with Crippen molar-refractivity contribution in [3.8, 4) is 22.5 Å². The maximum absolute atomic E-state index is 13.8. The Labute approximate surface area is 351 Å². The number of nitrogens with zero attached hydrogens (tertiary/aromatic N) is 6. The molecule has 0 aliphatic carbocycles. The average molecular weight is 818 g/mol. The number of hydrogen-bond donors (Lipinski definition) is 1. The minimum Gasteiger partial charge on any atom is -0.379 e. The molecule has 0 spiro atoms. The highest BCUT2D eigenvalue weighted by atomic mass is 32.2. The van der Waals surface area contributed by atoms with E-state index in [2.05, 4.69) is 53.0 Å². The Kier molecular flexibility index (Phi) is 12.0. The van der Waals surface area contributed by atoms with Gasteiger partial charge in [-0.2, -0.15) is 4.31 Å². The number of carbonyl (C=O) groups excluding carboxylic acids is 1. The van der Waals surface area contributed by atoms with Crippen molar-refractivity contribution in [3.63, 3.8) is 0 Å². The van der Waals surface area contributed by atoms with Crippen LogP contribution in [0.15, 0.2) is 163 Å². The van der Waals surface area contributed by atoms with Crippen LogP contribution < -0.4 is 10.2 Å². The Hall–Kier alpha value is -6.47. The van der Waals surface area contributed by atoms with E-state index in [-0.39, 0.29) is 23.9 Å². The molecule has 12 heteroatoms. The molecular formula is C48H47N7O4S. The summed E-state index contributed by atoms with van der Waals surface area (Å²) in [6.07, 6.45) is 2.00. The minimum absolute atomic E-state index is 0.125. The number of carbonyl (C=O) groups is 1. The van der Waals surface area contributed by atoms with Gasteiger partial charge in [0.05, 0.1) is 29.5 Å². The monoisotopic (exact) mass is 817 g/mol. The van der Waals surface area contributed by atoms with Crippen molar-refractivity contribution in [2.24, 2.45) is 0 Å². The molecule has 8 rings (SSSR count). The third-order valence-corrected chi connectivity index (χ3v) is 13.0. The van der Waals surface area contributed by atoms with E-state index < -0.39 is 15.6 Å². The number of hydrogen-bond acceptors (Lipinski definition) is 8. The lowest BCUT2D eigenvalue weighted by atomic mass is 9.77. The van der Waals surface area contributed by atoms with E-state index >= 15 is 0 Å². The summed E-state index contributed by atoms with van der Waals surface area (Å²) in [6, 6.07) is 51.9. The fourth-order valence-electron chi connectivity index (χ4n) is 7.96. The Bertz CT molecular complexity index is 2550. The van der Waals surface area contributed by atoms with Crippen molar-refractivity contribution in [1.29, 1.82) is 0 Å². The van der Waals surface area contributed by atoms with Gasteiger partial charge in [0.25, 0.3) is 0 Å². The number of nitrogens with one attached hydrogen (secondary N) is 1. The van der Waals surface area contributed by atoms with E-state index in [4.69, 9.17) is 15.0 Å². The number of sulfonamides is 1. The van der Waals surface area contributed by atoms with Gasteiger partial charge in [-0.15, -0.1) is 5.10 Å². The maximum atomic E-state index is 13.8. The van der Waals surface area contributed by atoms with Gasteiger partial charge in [-0.25, -0.2) is 13.1 Å². The zero-order valence-electron chi connectivity index (χ0n) is 33.7. The van der Waals surface area contributed by atoms with Gasteiger partial charge in [-0.05, 0) is 75.0 Å². The summed E-state index contributed by atoms with van der Waals surface area (Å²) in [7, 11) is -1.93. The molecule has 1 amide bonds. The molecule has 1 N–H and O–H groups in total. The fourth-order valence-corrected chi connectivity index (χ4v) is 9.39. The quantitative estimate of drug-likeness (QED) is 0.108. The summed E-state index contributed by atoms with van der Waals surface area (Å²) in [6.45, 7) is 3.29. The highest BCUT2D eigenvalue weighted by Crippen LogP contribution is 2.44. The Morgan fingerprint density at radius 3 is 1.90 bits per heavy atom. The lowest BCUT2D eigenvalue weighted by molar-refractivity contribution is -0.116. The van der Waals surface area contributed by atoms with Crippen LogP contribution in [0.4, 0.5) is 17.1 Å². The first kappa shape index (κ1) is 40.3. The van der Waals surface area contributed by atoms with Gasteiger partial charge < -0.3 is 15.0 Å². The molecule has 1 aliphatic heterocycles. The molecule has 1 aliphatic rings. The lowest BCUT2D eigenvalue weighted by Crippen LogP contribution is -2.40. The number of anilines is 3. The molecule has 1 saturated heterocycles. The summed E-state index contributed by atoms with van der Waals surface area (Å²) < 4.78 is 36.4. The summed E-state index contributed by atoms with van der Waals surface area (Å²) in [5.74, 6) is 0.463. The van der Waals surface area contributed by atoms with Crippen LogP contribution in [0.25, 0.3) is 22.5 Å². The molecule has 0 unspecified atom stereocenters. The number of benzene rings is 6. The van der Waals surface area contributed by atoms with E-state index in [1.807, 2.05) is 121 Å². The van der Waals surface area contributed by atoms with E-state index in [0.717, 1.165) is 51.9 Å². The first-order chi connectivity index (χ1) is 29.3. The van der Waals surface area contributed by atoms with Crippen LogP contribution in [0.3, 0.4) is 0 Å².